The fourth-order valence-corrected chi connectivity index (χ4v) is 2.59. The molecule has 0 aliphatic heterocycles. The molecule has 11 nitrogen and oxygen atoms in total. The van der Waals surface area contributed by atoms with Crippen LogP contribution in [0, 0.1) is 10.1 Å². The lowest BCUT2D eigenvalue weighted by Gasteiger charge is -2.28. The fraction of sp³-hybridized carbons (Fsp3) is 0.524. The third-order valence-corrected chi connectivity index (χ3v) is 3.77. The summed E-state index contributed by atoms with van der Waals surface area (Å²) in [6.45, 7) is 10.4. The number of nitro benzene ring substituents is 1. The number of carbonyl (C=O) groups excluding carboxylic acids is 4. The van der Waals surface area contributed by atoms with Gasteiger partial charge in [-0.15, -0.1) is 0 Å². The predicted octanol–water partition coefficient (Wildman–Crippen LogP) is 4.12. The average Bonchev–Trinajstić information content (AvgIpc) is 2.58. The molecule has 0 heterocycles. The van der Waals surface area contributed by atoms with Crippen molar-refractivity contribution in [2.24, 2.45) is 0 Å². The van der Waals surface area contributed by atoms with E-state index < -0.39 is 57.4 Å². The van der Waals surface area contributed by atoms with Gasteiger partial charge in [0.05, 0.1) is 12.0 Å². The van der Waals surface area contributed by atoms with Crippen molar-refractivity contribution in [2.75, 3.05) is 12.0 Å². The number of hydrogen-bond donors (Lipinski definition) is 0. The summed E-state index contributed by atoms with van der Waals surface area (Å²) in [7, 11) is 1.08. The lowest BCUT2D eigenvalue weighted by molar-refractivity contribution is -0.384. The van der Waals surface area contributed by atoms with Gasteiger partial charge in [-0.05, 0) is 60.1 Å². The van der Waals surface area contributed by atoms with Crippen LogP contribution in [0.3, 0.4) is 0 Å². The number of nitrogens with zero attached hydrogens (tertiary/aromatic N) is 2. The third kappa shape index (κ3) is 7.03. The first-order valence-corrected chi connectivity index (χ1v) is 9.61. The van der Waals surface area contributed by atoms with Crippen molar-refractivity contribution in [1.82, 2.24) is 0 Å². The monoisotopic (exact) mass is 452 g/mol. The van der Waals surface area contributed by atoms with Crippen LogP contribution >= 0.6 is 0 Å². The number of methoxy groups -OCH3 is 1. The van der Waals surface area contributed by atoms with Crippen LogP contribution < -0.4 is 4.90 Å². The Morgan fingerprint density at radius 1 is 0.969 bits per heavy atom. The molecule has 0 radical (unpaired) electrons. The van der Waals surface area contributed by atoms with Crippen LogP contribution in [0.5, 0.6) is 0 Å². The number of imide groups is 1. The molecule has 0 fully saturated rings. The Balaban J connectivity index is 3.79. The second kappa shape index (κ2) is 9.75. The number of benzene rings is 1. The number of rotatable bonds is 5. The third-order valence-electron chi connectivity index (χ3n) is 3.77. The normalized spacial score (nSPS) is 12.4. The largest absolute Gasteiger partial charge is 0.468 e. The summed E-state index contributed by atoms with van der Waals surface area (Å²) in [5.41, 5.74) is -3.26. The summed E-state index contributed by atoms with van der Waals surface area (Å²) in [5, 5.41) is 11.7. The Labute approximate surface area is 185 Å². The average molecular weight is 452 g/mol. The van der Waals surface area contributed by atoms with Gasteiger partial charge in [0.15, 0.2) is 0 Å². The number of esters is 1. The summed E-state index contributed by atoms with van der Waals surface area (Å²) in [6.07, 6.45) is -2.46. The van der Waals surface area contributed by atoms with E-state index in [9.17, 15) is 29.3 Å². The minimum Gasteiger partial charge on any atom is -0.468 e. The highest BCUT2D eigenvalue weighted by atomic mass is 16.6. The molecule has 176 valence electrons. The van der Waals surface area contributed by atoms with Gasteiger partial charge in [-0.25, -0.2) is 9.59 Å². The van der Waals surface area contributed by atoms with Crippen molar-refractivity contribution >= 4 is 35.3 Å². The van der Waals surface area contributed by atoms with Gasteiger partial charge in [0, 0.05) is 6.07 Å². The number of amides is 2. The van der Waals surface area contributed by atoms with E-state index in [1.165, 1.54) is 6.07 Å². The van der Waals surface area contributed by atoms with Crippen LogP contribution in [0.25, 0.3) is 0 Å². The Morgan fingerprint density at radius 2 is 1.44 bits per heavy atom. The molecule has 1 aromatic carbocycles. The molecule has 0 saturated carbocycles. The van der Waals surface area contributed by atoms with E-state index in [1.54, 1.807) is 41.5 Å². The van der Waals surface area contributed by atoms with Gasteiger partial charge in [-0.2, -0.15) is 4.90 Å². The van der Waals surface area contributed by atoms with Crippen LogP contribution in [-0.4, -0.2) is 47.2 Å². The maximum absolute atomic E-state index is 12.9. The highest BCUT2D eigenvalue weighted by Crippen LogP contribution is 2.34. The van der Waals surface area contributed by atoms with Crippen molar-refractivity contribution in [3.63, 3.8) is 0 Å². The summed E-state index contributed by atoms with van der Waals surface area (Å²) >= 11 is 0. The van der Waals surface area contributed by atoms with Crippen LogP contribution in [0.15, 0.2) is 18.2 Å². The SMILES string of the molecule is COC(=O)C(C(C)=O)c1ccc([N+](=O)[O-])c(N(C(=O)OC(C)(C)C)C(=O)OC(C)(C)C)c1. The first-order valence-electron chi connectivity index (χ1n) is 9.61. The van der Waals surface area contributed by atoms with E-state index in [1.807, 2.05) is 0 Å². The Hall–Kier alpha value is -3.50. The van der Waals surface area contributed by atoms with Gasteiger partial charge in [-0.1, -0.05) is 6.07 Å². The van der Waals surface area contributed by atoms with Gasteiger partial charge < -0.3 is 14.2 Å². The molecule has 2 amide bonds. The molecule has 1 atom stereocenters. The lowest BCUT2D eigenvalue weighted by atomic mass is 9.94. The summed E-state index contributed by atoms with van der Waals surface area (Å²) < 4.78 is 15.1. The van der Waals surface area contributed by atoms with E-state index in [0.717, 1.165) is 26.2 Å². The highest BCUT2D eigenvalue weighted by Gasteiger charge is 2.38. The predicted molar refractivity (Wildman–Crippen MR) is 113 cm³/mol. The molecule has 1 rings (SSSR count). The molecule has 0 aliphatic rings. The molecule has 0 bridgehead atoms. The van der Waals surface area contributed by atoms with E-state index >= 15 is 0 Å². The lowest BCUT2D eigenvalue weighted by Crippen LogP contribution is -2.44. The van der Waals surface area contributed by atoms with Gasteiger partial charge in [0.1, 0.15) is 28.6 Å². The molecule has 0 aromatic heterocycles. The number of ketones is 1. The summed E-state index contributed by atoms with van der Waals surface area (Å²) in [6, 6.07) is 3.17. The number of ether oxygens (including phenoxy) is 3. The molecule has 11 heteroatoms. The zero-order valence-corrected chi connectivity index (χ0v) is 19.4. The van der Waals surface area contributed by atoms with Crippen LogP contribution in [0.1, 0.15) is 59.9 Å². The molecular weight excluding hydrogens is 424 g/mol. The summed E-state index contributed by atoms with van der Waals surface area (Å²) in [5.74, 6) is -2.92. The molecule has 0 aliphatic carbocycles. The minimum absolute atomic E-state index is 0.0120. The van der Waals surface area contributed by atoms with Gasteiger partial charge in [-0.3, -0.25) is 19.7 Å². The van der Waals surface area contributed by atoms with Crippen molar-refractivity contribution < 1.29 is 38.3 Å². The van der Waals surface area contributed by atoms with Crippen LogP contribution in [0.4, 0.5) is 21.0 Å². The van der Waals surface area contributed by atoms with Crippen LogP contribution in [0.2, 0.25) is 0 Å². The van der Waals surface area contributed by atoms with Gasteiger partial charge in [0.2, 0.25) is 0 Å². The molecule has 0 N–H and O–H groups in total. The number of Topliss-reactive ketones (excluding diaryl/α,β-unsaturated/α-hetero) is 1. The van der Waals surface area contributed by atoms with Crippen molar-refractivity contribution in [2.45, 2.75) is 65.6 Å². The van der Waals surface area contributed by atoms with Crippen molar-refractivity contribution in [3.05, 3.63) is 33.9 Å². The number of nitro groups is 1. The first-order chi connectivity index (χ1) is 14.5. The number of carbonyl (C=O) groups is 4. The number of hydrogen-bond acceptors (Lipinski definition) is 9. The zero-order chi connectivity index (χ0) is 25.0. The Bertz CT molecular complexity index is 898. The molecule has 1 unspecified atom stereocenters. The van der Waals surface area contributed by atoms with Gasteiger partial charge in [0.25, 0.3) is 5.69 Å². The Kier molecular flexibility index (Phi) is 8.09. The second-order valence-electron chi connectivity index (χ2n) is 8.87. The fourth-order valence-electron chi connectivity index (χ4n) is 2.59. The summed E-state index contributed by atoms with van der Waals surface area (Å²) in [4.78, 5) is 61.2. The van der Waals surface area contributed by atoms with Crippen molar-refractivity contribution in [1.29, 1.82) is 0 Å². The van der Waals surface area contributed by atoms with E-state index in [4.69, 9.17) is 9.47 Å². The molecule has 1 aromatic rings. The molecular formula is C21H28N2O9. The molecule has 0 saturated heterocycles. The van der Waals surface area contributed by atoms with E-state index in [0.29, 0.717) is 4.90 Å². The standard InChI is InChI=1S/C21H28N2O9/c1-12(24)16(17(25)30-8)13-9-10-14(23(28)29)15(11-13)22(18(26)31-20(2,3)4)19(27)32-21(5,6)7/h9-11,16H,1-8H3. The quantitative estimate of drug-likeness (QED) is 0.212. The number of anilines is 1. The smallest absolute Gasteiger partial charge is 0.424 e. The van der Waals surface area contributed by atoms with Crippen LogP contribution in [-0.2, 0) is 23.8 Å². The minimum atomic E-state index is -1.42. The maximum atomic E-state index is 12.9. The first kappa shape index (κ1) is 26.5. The maximum Gasteiger partial charge on any atom is 0.424 e. The topological polar surface area (TPSA) is 142 Å². The van der Waals surface area contributed by atoms with Crippen molar-refractivity contribution in [3.8, 4) is 0 Å². The molecule has 32 heavy (non-hydrogen) atoms. The Morgan fingerprint density at radius 3 is 1.78 bits per heavy atom. The van der Waals surface area contributed by atoms with E-state index in [-0.39, 0.29) is 5.56 Å². The highest BCUT2D eigenvalue weighted by molar-refractivity contribution is 6.11. The second-order valence-corrected chi connectivity index (χ2v) is 8.87. The van der Waals surface area contributed by atoms with Gasteiger partial charge >= 0.3 is 18.2 Å². The zero-order valence-electron chi connectivity index (χ0n) is 19.4. The molecule has 0 spiro atoms. The van der Waals surface area contributed by atoms with E-state index in [2.05, 4.69) is 4.74 Å².